The van der Waals surface area contributed by atoms with Gasteiger partial charge in [-0.1, -0.05) is 12.1 Å². The second-order valence-corrected chi connectivity index (χ2v) is 10.2. The van der Waals surface area contributed by atoms with Crippen LogP contribution in [0.1, 0.15) is 13.0 Å². The van der Waals surface area contributed by atoms with Crippen molar-refractivity contribution in [2.24, 2.45) is 0 Å². The average molecular weight is 467 g/mol. The normalized spacial score (nSPS) is 16.9. The Morgan fingerprint density at radius 2 is 1.91 bits per heavy atom. The third-order valence-corrected chi connectivity index (χ3v) is 8.04. The van der Waals surface area contributed by atoms with Crippen molar-refractivity contribution in [2.75, 3.05) is 38.5 Å². The van der Waals surface area contributed by atoms with Crippen molar-refractivity contribution in [3.8, 4) is 11.3 Å². The van der Waals surface area contributed by atoms with E-state index >= 15 is 0 Å². The molecule has 0 amide bonds. The van der Waals surface area contributed by atoms with E-state index in [4.69, 9.17) is 5.73 Å². The van der Waals surface area contributed by atoms with Crippen LogP contribution in [0.5, 0.6) is 0 Å². The fourth-order valence-corrected chi connectivity index (χ4v) is 5.81. The number of nitrogen functional groups attached to an aromatic ring is 1. The number of piperazine rings is 1. The first-order valence-corrected chi connectivity index (χ1v) is 12.3. The second kappa shape index (κ2) is 8.58. The second-order valence-electron chi connectivity index (χ2n) is 8.26. The van der Waals surface area contributed by atoms with E-state index < -0.39 is 10.0 Å². The summed E-state index contributed by atoms with van der Waals surface area (Å²) < 4.78 is 29.4. The van der Waals surface area contributed by atoms with E-state index in [2.05, 4.69) is 31.9 Å². The summed E-state index contributed by atoms with van der Waals surface area (Å²) in [4.78, 5) is 14.2. The van der Waals surface area contributed by atoms with Crippen LogP contribution in [0.25, 0.3) is 22.3 Å². The minimum Gasteiger partial charge on any atom is -0.398 e. The van der Waals surface area contributed by atoms with E-state index in [1.54, 1.807) is 30.6 Å². The number of nitrogens with two attached hydrogens (primary N) is 1. The summed E-state index contributed by atoms with van der Waals surface area (Å²) in [5.74, 6) is 0. The predicted molar refractivity (Wildman–Crippen MR) is 126 cm³/mol. The van der Waals surface area contributed by atoms with Gasteiger partial charge < -0.3 is 10.7 Å². The van der Waals surface area contributed by atoms with Crippen LogP contribution in [0.4, 0.5) is 5.69 Å². The zero-order chi connectivity index (χ0) is 23.0. The highest BCUT2D eigenvalue weighted by Crippen LogP contribution is 2.26. The van der Waals surface area contributed by atoms with Gasteiger partial charge in [0.2, 0.25) is 10.0 Å². The van der Waals surface area contributed by atoms with Gasteiger partial charge in [-0.15, -0.1) is 0 Å². The molecule has 0 aliphatic carbocycles. The number of aromatic nitrogens is 5. The smallest absolute Gasteiger partial charge is 0.245 e. The molecule has 1 aliphatic heterocycles. The van der Waals surface area contributed by atoms with Crippen LogP contribution in [0, 0.1) is 0 Å². The number of hydrogen-bond acceptors (Lipinski definition) is 7. The number of benzene rings is 1. The number of anilines is 1. The van der Waals surface area contributed by atoms with E-state index in [0.29, 0.717) is 26.2 Å². The van der Waals surface area contributed by atoms with E-state index in [1.807, 2.05) is 29.3 Å². The van der Waals surface area contributed by atoms with E-state index in [0.717, 1.165) is 28.8 Å². The molecule has 0 bridgehead atoms. The third-order valence-electron chi connectivity index (χ3n) is 6.07. The van der Waals surface area contributed by atoms with Gasteiger partial charge >= 0.3 is 0 Å². The first kappa shape index (κ1) is 21.6. The summed E-state index contributed by atoms with van der Waals surface area (Å²) in [6.45, 7) is 5.04. The summed E-state index contributed by atoms with van der Waals surface area (Å²) in [7, 11) is -3.59. The maximum Gasteiger partial charge on any atom is 0.245 e. The van der Waals surface area contributed by atoms with Crippen molar-refractivity contribution in [3.63, 3.8) is 0 Å². The largest absolute Gasteiger partial charge is 0.398 e. The Morgan fingerprint density at radius 3 is 2.70 bits per heavy atom. The van der Waals surface area contributed by atoms with Gasteiger partial charge in [-0.05, 0) is 25.1 Å². The average Bonchev–Trinajstić information content (AvgIpc) is 3.49. The topological polar surface area (TPSA) is 126 Å². The molecule has 1 aromatic carbocycles. The Morgan fingerprint density at radius 1 is 1.12 bits per heavy atom. The van der Waals surface area contributed by atoms with Crippen molar-refractivity contribution in [1.82, 2.24) is 33.9 Å². The van der Waals surface area contributed by atoms with Crippen LogP contribution in [-0.4, -0.2) is 75.1 Å². The van der Waals surface area contributed by atoms with Gasteiger partial charge in [0, 0.05) is 56.1 Å². The van der Waals surface area contributed by atoms with Gasteiger partial charge in [0.05, 0.1) is 23.6 Å². The lowest BCUT2D eigenvalue weighted by Gasteiger charge is -2.35. The lowest BCUT2D eigenvalue weighted by Crippen LogP contribution is -2.49. The maximum atomic E-state index is 13.0. The van der Waals surface area contributed by atoms with Gasteiger partial charge in [-0.3, -0.25) is 9.58 Å². The summed E-state index contributed by atoms with van der Waals surface area (Å²) in [6.07, 6.45) is 7.21. The highest BCUT2D eigenvalue weighted by Gasteiger charge is 2.30. The number of para-hydroxylation sites is 1. The predicted octanol–water partition coefficient (Wildman–Crippen LogP) is 1.97. The molecule has 1 fully saturated rings. The maximum absolute atomic E-state index is 13.0. The van der Waals surface area contributed by atoms with Crippen molar-refractivity contribution < 1.29 is 8.42 Å². The van der Waals surface area contributed by atoms with E-state index in [-0.39, 0.29) is 16.6 Å². The molecule has 11 heteroatoms. The Hall–Kier alpha value is -3.28. The molecular weight excluding hydrogens is 440 g/mol. The molecule has 1 saturated heterocycles. The van der Waals surface area contributed by atoms with Crippen molar-refractivity contribution in [3.05, 3.63) is 55.2 Å². The number of nitrogens with one attached hydrogen (secondary N) is 1. The molecule has 0 saturated carbocycles. The van der Waals surface area contributed by atoms with Crippen LogP contribution < -0.4 is 5.73 Å². The number of H-pyrrole nitrogens is 1. The van der Waals surface area contributed by atoms with Crippen LogP contribution in [-0.2, 0) is 10.0 Å². The molecule has 3 N–H and O–H groups in total. The van der Waals surface area contributed by atoms with E-state index in [9.17, 15) is 8.42 Å². The number of sulfonamides is 1. The molecule has 0 radical (unpaired) electrons. The Balaban J connectivity index is 1.23. The zero-order valence-electron chi connectivity index (χ0n) is 18.3. The summed E-state index contributed by atoms with van der Waals surface area (Å²) in [5.41, 5.74) is 8.76. The van der Waals surface area contributed by atoms with Gasteiger partial charge in [-0.2, -0.15) is 9.40 Å². The third kappa shape index (κ3) is 4.10. The quantitative estimate of drug-likeness (QED) is 0.416. The molecule has 4 heterocycles. The summed E-state index contributed by atoms with van der Waals surface area (Å²) >= 11 is 0. The van der Waals surface area contributed by atoms with Crippen LogP contribution >= 0.6 is 0 Å². The number of fused-ring (bicyclic) bond motifs is 1. The molecule has 1 unspecified atom stereocenters. The number of nitrogens with zero attached hydrogens (tertiary/aromatic N) is 6. The summed E-state index contributed by atoms with van der Waals surface area (Å²) in [5, 5.41) is 5.51. The molecule has 3 aromatic heterocycles. The SMILES string of the molecule is CC(CN1CCN(S(=O)(=O)c2ccccc2N)CC1)n1cc(-c2ncnc3[nH]ccc23)cn1. The Bertz CT molecular complexity index is 1370. The van der Waals surface area contributed by atoms with Crippen LogP contribution in [0.3, 0.4) is 0 Å². The monoisotopic (exact) mass is 466 g/mol. The molecule has 172 valence electrons. The highest BCUT2D eigenvalue weighted by molar-refractivity contribution is 7.89. The lowest BCUT2D eigenvalue weighted by atomic mass is 10.2. The van der Waals surface area contributed by atoms with Gasteiger partial charge in [0.25, 0.3) is 0 Å². The molecule has 0 spiro atoms. The van der Waals surface area contributed by atoms with Crippen molar-refractivity contribution in [1.29, 1.82) is 0 Å². The van der Waals surface area contributed by atoms with Crippen molar-refractivity contribution >= 4 is 26.7 Å². The number of aromatic amines is 1. The van der Waals surface area contributed by atoms with Gasteiger partial charge in [0.1, 0.15) is 16.9 Å². The lowest BCUT2D eigenvalue weighted by molar-refractivity contribution is 0.166. The Labute approximate surface area is 192 Å². The zero-order valence-corrected chi connectivity index (χ0v) is 19.1. The van der Waals surface area contributed by atoms with Crippen molar-refractivity contribution in [2.45, 2.75) is 17.9 Å². The van der Waals surface area contributed by atoms with Gasteiger partial charge in [0.15, 0.2) is 0 Å². The molecular formula is C22H26N8O2S. The fraction of sp³-hybridized carbons (Fsp3) is 0.318. The molecule has 4 aromatic rings. The summed E-state index contributed by atoms with van der Waals surface area (Å²) in [6, 6.07) is 8.69. The minimum atomic E-state index is -3.59. The highest BCUT2D eigenvalue weighted by atomic mass is 32.2. The number of rotatable bonds is 6. The first-order chi connectivity index (χ1) is 15.9. The molecule has 1 atom stereocenters. The Kier molecular flexibility index (Phi) is 5.60. The molecule has 5 rings (SSSR count). The number of hydrogen-bond donors (Lipinski definition) is 2. The minimum absolute atomic E-state index is 0.121. The molecule has 10 nitrogen and oxygen atoms in total. The van der Waals surface area contributed by atoms with E-state index in [1.165, 1.54) is 4.31 Å². The standard InChI is InChI=1S/C22H26N8O2S/c1-16(30-14-17(12-27-30)21-18-6-7-24-22(18)26-15-25-21)13-28-8-10-29(11-9-28)33(31,32)20-5-3-2-4-19(20)23/h2-7,12,14-16H,8-11,13,23H2,1H3,(H,24,25,26). The fourth-order valence-electron chi connectivity index (χ4n) is 4.27. The first-order valence-electron chi connectivity index (χ1n) is 10.8. The van der Waals surface area contributed by atoms with Gasteiger partial charge in [-0.25, -0.2) is 18.4 Å². The molecule has 1 aliphatic rings. The molecule has 33 heavy (non-hydrogen) atoms. The van der Waals surface area contributed by atoms with Crippen LogP contribution in [0.2, 0.25) is 0 Å². The van der Waals surface area contributed by atoms with Crippen LogP contribution in [0.15, 0.2) is 60.1 Å².